The lowest BCUT2D eigenvalue weighted by molar-refractivity contribution is 0.415. The van der Waals surface area contributed by atoms with Gasteiger partial charge in [0.05, 0.1) is 23.7 Å². The summed E-state index contributed by atoms with van der Waals surface area (Å²) in [5.41, 5.74) is 4.23. The highest BCUT2D eigenvalue weighted by atomic mass is 35.5. The highest BCUT2D eigenvalue weighted by Crippen LogP contribution is 2.33. The predicted molar refractivity (Wildman–Crippen MR) is 107 cm³/mol. The van der Waals surface area contributed by atoms with Gasteiger partial charge in [0.1, 0.15) is 11.6 Å². The summed E-state index contributed by atoms with van der Waals surface area (Å²) < 4.78 is 7.60. The molecule has 0 aliphatic rings. The molecule has 3 aromatic carbocycles. The molecule has 26 heavy (non-hydrogen) atoms. The average molecular weight is 359 g/mol. The molecule has 5 aromatic rings. The molecule has 5 rings (SSSR count). The molecule has 2 heterocycles. The molecule has 0 saturated carbocycles. The van der Waals surface area contributed by atoms with Crippen molar-refractivity contribution in [3.63, 3.8) is 0 Å². The minimum absolute atomic E-state index is 0.716. The van der Waals surface area contributed by atoms with Crippen LogP contribution in [0.2, 0.25) is 5.02 Å². The summed E-state index contributed by atoms with van der Waals surface area (Å²) in [6, 6.07) is 24.3. The Morgan fingerprint density at radius 3 is 2.50 bits per heavy atom. The van der Waals surface area contributed by atoms with Crippen molar-refractivity contribution in [2.24, 2.45) is 0 Å². The molecule has 0 amide bonds. The van der Waals surface area contributed by atoms with Crippen LogP contribution in [-0.2, 0) is 0 Å². The fourth-order valence-electron chi connectivity index (χ4n) is 3.49. The lowest BCUT2D eigenvalue weighted by Crippen LogP contribution is -1.97. The van der Waals surface area contributed by atoms with Crippen LogP contribution in [0.4, 0.5) is 0 Å². The summed E-state index contributed by atoms with van der Waals surface area (Å²) in [4.78, 5) is 4.96. The summed E-state index contributed by atoms with van der Waals surface area (Å²) in [5, 5.41) is 2.96. The Morgan fingerprint density at radius 1 is 0.885 bits per heavy atom. The Bertz CT molecular complexity index is 1270. The summed E-state index contributed by atoms with van der Waals surface area (Å²) >= 11 is 6.08. The van der Waals surface area contributed by atoms with Crippen molar-refractivity contribution in [1.29, 1.82) is 0 Å². The number of para-hydroxylation sites is 1. The van der Waals surface area contributed by atoms with Gasteiger partial charge in [-0.1, -0.05) is 29.8 Å². The van der Waals surface area contributed by atoms with Crippen LogP contribution < -0.4 is 4.74 Å². The van der Waals surface area contributed by atoms with Crippen molar-refractivity contribution in [2.45, 2.75) is 0 Å². The standard InChI is InChI=1S/C22H15ClN2O/c1-26-17-10-11-20-15(12-17)13-21-18-4-2-3-5-19(18)24-22(25(20)21)14-6-8-16(23)9-7-14/h2-13H,1H3. The van der Waals surface area contributed by atoms with Gasteiger partial charge in [0.15, 0.2) is 0 Å². The van der Waals surface area contributed by atoms with E-state index in [-0.39, 0.29) is 0 Å². The Morgan fingerprint density at radius 2 is 1.69 bits per heavy atom. The fourth-order valence-corrected chi connectivity index (χ4v) is 3.62. The Labute approximate surface area is 155 Å². The van der Waals surface area contributed by atoms with Gasteiger partial charge in [0.25, 0.3) is 0 Å². The molecule has 0 radical (unpaired) electrons. The third-order valence-electron chi connectivity index (χ3n) is 4.73. The maximum Gasteiger partial charge on any atom is 0.145 e. The number of methoxy groups -OCH3 is 1. The lowest BCUT2D eigenvalue weighted by atomic mass is 10.1. The van der Waals surface area contributed by atoms with Gasteiger partial charge in [-0.25, -0.2) is 4.98 Å². The van der Waals surface area contributed by atoms with Crippen molar-refractivity contribution in [3.05, 3.63) is 77.8 Å². The number of ether oxygens (including phenoxy) is 1. The molecule has 0 N–H and O–H groups in total. The molecule has 0 aliphatic heterocycles. The van der Waals surface area contributed by atoms with Gasteiger partial charge in [0.2, 0.25) is 0 Å². The monoisotopic (exact) mass is 358 g/mol. The highest BCUT2D eigenvalue weighted by molar-refractivity contribution is 6.30. The van der Waals surface area contributed by atoms with Crippen LogP contribution in [0.15, 0.2) is 72.8 Å². The van der Waals surface area contributed by atoms with Crippen LogP contribution in [0.3, 0.4) is 0 Å². The molecule has 0 fully saturated rings. The Kier molecular flexibility index (Phi) is 3.37. The Balaban J connectivity index is 1.97. The van der Waals surface area contributed by atoms with Crippen LogP contribution in [0.25, 0.3) is 38.7 Å². The van der Waals surface area contributed by atoms with E-state index in [0.29, 0.717) is 5.02 Å². The molecule has 2 aromatic heterocycles. The summed E-state index contributed by atoms with van der Waals surface area (Å²) in [6.45, 7) is 0. The first-order valence-electron chi connectivity index (χ1n) is 8.38. The second kappa shape index (κ2) is 5.75. The molecule has 0 spiro atoms. The number of nitrogens with zero attached hydrogens (tertiary/aromatic N) is 2. The topological polar surface area (TPSA) is 26.5 Å². The molecule has 0 unspecified atom stereocenters. The third kappa shape index (κ3) is 2.25. The number of hydrogen-bond donors (Lipinski definition) is 0. The summed E-state index contributed by atoms with van der Waals surface area (Å²) in [7, 11) is 1.69. The first-order valence-corrected chi connectivity index (χ1v) is 8.76. The number of benzene rings is 3. The molecule has 3 nitrogen and oxygen atoms in total. The second-order valence-corrected chi connectivity index (χ2v) is 6.69. The molecule has 4 heteroatoms. The number of hydrogen-bond acceptors (Lipinski definition) is 2. The fraction of sp³-hybridized carbons (Fsp3) is 0.0455. The van der Waals surface area contributed by atoms with Crippen LogP contribution in [0.1, 0.15) is 0 Å². The van der Waals surface area contributed by atoms with Crippen molar-refractivity contribution < 1.29 is 4.74 Å². The minimum Gasteiger partial charge on any atom is -0.497 e. The van der Waals surface area contributed by atoms with E-state index in [0.717, 1.165) is 44.5 Å². The first kappa shape index (κ1) is 15.2. The smallest absolute Gasteiger partial charge is 0.145 e. The van der Waals surface area contributed by atoms with E-state index in [1.54, 1.807) is 7.11 Å². The molecule has 0 aliphatic carbocycles. The van der Waals surface area contributed by atoms with E-state index in [9.17, 15) is 0 Å². The van der Waals surface area contributed by atoms with Crippen LogP contribution >= 0.6 is 11.6 Å². The van der Waals surface area contributed by atoms with E-state index < -0.39 is 0 Å². The normalized spacial score (nSPS) is 11.5. The van der Waals surface area contributed by atoms with Gasteiger partial charge in [-0.3, -0.25) is 4.40 Å². The lowest BCUT2D eigenvalue weighted by Gasteiger charge is -2.10. The zero-order valence-corrected chi connectivity index (χ0v) is 14.9. The molecular formula is C22H15ClN2O. The minimum atomic E-state index is 0.716. The zero-order chi connectivity index (χ0) is 17.7. The van der Waals surface area contributed by atoms with Crippen LogP contribution in [-0.4, -0.2) is 16.5 Å². The van der Waals surface area contributed by atoms with Crippen molar-refractivity contribution in [3.8, 4) is 17.1 Å². The van der Waals surface area contributed by atoms with Crippen molar-refractivity contribution >= 4 is 38.9 Å². The molecule has 0 bridgehead atoms. The summed E-state index contributed by atoms with van der Waals surface area (Å²) in [6.07, 6.45) is 0. The predicted octanol–water partition coefficient (Wildman–Crippen LogP) is 5.97. The number of rotatable bonds is 2. The maximum absolute atomic E-state index is 6.08. The Hall–Kier alpha value is -3.04. The maximum atomic E-state index is 6.08. The van der Waals surface area contributed by atoms with E-state index in [1.807, 2.05) is 48.5 Å². The number of aromatic nitrogens is 2. The van der Waals surface area contributed by atoms with Gasteiger partial charge in [-0.15, -0.1) is 0 Å². The average Bonchev–Trinajstić information content (AvgIpc) is 3.07. The first-order chi connectivity index (χ1) is 12.7. The van der Waals surface area contributed by atoms with Crippen LogP contribution in [0, 0.1) is 0 Å². The van der Waals surface area contributed by atoms with Gasteiger partial charge in [-0.05, 0) is 54.6 Å². The molecule has 0 atom stereocenters. The third-order valence-corrected chi connectivity index (χ3v) is 4.98. The largest absolute Gasteiger partial charge is 0.497 e. The van der Waals surface area contributed by atoms with Gasteiger partial charge < -0.3 is 4.74 Å². The SMILES string of the molecule is COc1ccc2c(c1)cc1c3ccccc3nc(-c3ccc(Cl)cc3)n21. The van der Waals surface area contributed by atoms with Crippen LogP contribution in [0.5, 0.6) is 5.75 Å². The van der Waals surface area contributed by atoms with E-state index >= 15 is 0 Å². The molecule has 126 valence electrons. The second-order valence-electron chi connectivity index (χ2n) is 6.25. The van der Waals surface area contributed by atoms with E-state index in [1.165, 1.54) is 0 Å². The van der Waals surface area contributed by atoms with E-state index in [2.05, 4.69) is 28.7 Å². The van der Waals surface area contributed by atoms with Gasteiger partial charge in [0, 0.05) is 21.4 Å². The van der Waals surface area contributed by atoms with E-state index in [4.69, 9.17) is 21.3 Å². The van der Waals surface area contributed by atoms with Gasteiger partial charge in [-0.2, -0.15) is 0 Å². The quantitative estimate of drug-likeness (QED) is 0.388. The number of fused-ring (bicyclic) bond motifs is 5. The molecular weight excluding hydrogens is 344 g/mol. The molecule has 0 saturated heterocycles. The van der Waals surface area contributed by atoms with Gasteiger partial charge >= 0.3 is 0 Å². The zero-order valence-electron chi connectivity index (χ0n) is 14.1. The number of halogens is 1. The summed E-state index contributed by atoms with van der Waals surface area (Å²) in [5.74, 6) is 1.74. The van der Waals surface area contributed by atoms with Crippen molar-refractivity contribution in [2.75, 3.05) is 7.11 Å². The highest BCUT2D eigenvalue weighted by Gasteiger charge is 2.14. The van der Waals surface area contributed by atoms with Crippen molar-refractivity contribution in [1.82, 2.24) is 9.38 Å².